The highest BCUT2D eigenvalue weighted by Crippen LogP contribution is 2.39. The van der Waals surface area contributed by atoms with Gasteiger partial charge in [0.1, 0.15) is 0 Å². The highest BCUT2D eigenvalue weighted by molar-refractivity contribution is 9.10. The molecule has 6 heteroatoms. The Morgan fingerprint density at radius 1 is 1.15 bits per heavy atom. The molecule has 1 N–H and O–H groups in total. The molecule has 1 aromatic heterocycles. The zero-order chi connectivity index (χ0) is 18.4. The first-order valence-electron chi connectivity index (χ1n) is 8.39. The standard InChI is InChI=1S/C20H19BrN4O/c1-12-17(19(26)24(2)3)18(13-8-10-14(21)11-9-13)25-16-7-5-4-6-15(16)23-20(25)22-12/h4-11,18H,1-3H3,(H,22,23)/t18-/m1/s1. The maximum atomic E-state index is 13.0. The van der Waals surface area contributed by atoms with E-state index in [4.69, 9.17) is 4.98 Å². The number of rotatable bonds is 2. The van der Waals surface area contributed by atoms with Gasteiger partial charge in [0.15, 0.2) is 0 Å². The molecule has 2 heterocycles. The molecule has 0 spiro atoms. The van der Waals surface area contributed by atoms with Crippen LogP contribution in [0.4, 0.5) is 5.95 Å². The van der Waals surface area contributed by atoms with Crippen LogP contribution in [0.3, 0.4) is 0 Å². The third-order valence-corrected chi connectivity index (χ3v) is 5.18. The van der Waals surface area contributed by atoms with Crippen LogP contribution in [0.15, 0.2) is 64.3 Å². The quantitative estimate of drug-likeness (QED) is 0.689. The first-order valence-corrected chi connectivity index (χ1v) is 9.18. The SMILES string of the molecule is CC1=C(C(=O)N(C)C)[C@@H](c2ccc(Br)cc2)n2c(nc3ccccc32)N1. The number of hydrogen-bond donors (Lipinski definition) is 1. The van der Waals surface area contributed by atoms with Gasteiger partial charge < -0.3 is 10.2 Å². The summed E-state index contributed by atoms with van der Waals surface area (Å²) < 4.78 is 3.12. The molecule has 0 bridgehead atoms. The Morgan fingerprint density at radius 3 is 2.54 bits per heavy atom. The zero-order valence-electron chi connectivity index (χ0n) is 14.8. The van der Waals surface area contributed by atoms with Gasteiger partial charge in [0, 0.05) is 24.3 Å². The summed E-state index contributed by atoms with van der Waals surface area (Å²) in [5.41, 5.74) is 4.51. The predicted octanol–water partition coefficient (Wildman–Crippen LogP) is 4.18. The highest BCUT2D eigenvalue weighted by Gasteiger charge is 2.34. The van der Waals surface area contributed by atoms with Crippen LogP contribution < -0.4 is 5.32 Å². The lowest BCUT2D eigenvalue weighted by Crippen LogP contribution is -2.34. The van der Waals surface area contributed by atoms with Gasteiger partial charge in [-0.15, -0.1) is 0 Å². The van der Waals surface area contributed by atoms with Crippen LogP contribution in [-0.2, 0) is 4.79 Å². The Morgan fingerprint density at radius 2 is 1.85 bits per heavy atom. The van der Waals surface area contributed by atoms with Crippen molar-refractivity contribution in [2.45, 2.75) is 13.0 Å². The second kappa shape index (κ2) is 6.29. The maximum Gasteiger partial charge on any atom is 0.253 e. The van der Waals surface area contributed by atoms with E-state index in [0.717, 1.165) is 38.3 Å². The smallest absolute Gasteiger partial charge is 0.253 e. The molecule has 0 radical (unpaired) electrons. The van der Waals surface area contributed by atoms with Gasteiger partial charge in [0.25, 0.3) is 5.91 Å². The number of anilines is 1. The summed E-state index contributed by atoms with van der Waals surface area (Å²) in [4.78, 5) is 19.4. The van der Waals surface area contributed by atoms with Crippen LogP contribution in [-0.4, -0.2) is 34.5 Å². The number of allylic oxidation sites excluding steroid dienone is 1. The Kier molecular flexibility index (Phi) is 4.07. The van der Waals surface area contributed by atoms with Crippen molar-refractivity contribution in [1.82, 2.24) is 14.5 Å². The number of carbonyl (C=O) groups excluding carboxylic acids is 1. The van der Waals surface area contributed by atoms with E-state index in [1.807, 2.05) is 43.3 Å². The van der Waals surface area contributed by atoms with Gasteiger partial charge in [-0.3, -0.25) is 9.36 Å². The van der Waals surface area contributed by atoms with Crippen molar-refractivity contribution in [3.63, 3.8) is 0 Å². The fraction of sp³-hybridized carbons (Fsp3) is 0.200. The lowest BCUT2D eigenvalue weighted by Gasteiger charge is -2.32. The molecule has 5 nitrogen and oxygen atoms in total. The number of halogens is 1. The van der Waals surface area contributed by atoms with E-state index >= 15 is 0 Å². The maximum absolute atomic E-state index is 13.0. The van der Waals surface area contributed by atoms with Crippen molar-refractivity contribution in [2.24, 2.45) is 0 Å². The number of likely N-dealkylation sites (N-methyl/N-ethyl adjacent to an activating group) is 1. The number of imidazole rings is 1. The summed E-state index contributed by atoms with van der Waals surface area (Å²) in [6.07, 6.45) is 0. The summed E-state index contributed by atoms with van der Waals surface area (Å²) in [5, 5.41) is 3.32. The molecule has 1 aliphatic rings. The van der Waals surface area contributed by atoms with Crippen molar-refractivity contribution >= 4 is 38.8 Å². The molecule has 0 saturated carbocycles. The molecule has 0 fully saturated rings. The second-order valence-corrected chi connectivity index (χ2v) is 7.53. The Bertz CT molecular complexity index is 1030. The van der Waals surface area contributed by atoms with Crippen molar-refractivity contribution < 1.29 is 4.79 Å². The third kappa shape index (κ3) is 2.61. The van der Waals surface area contributed by atoms with Crippen molar-refractivity contribution in [3.8, 4) is 0 Å². The van der Waals surface area contributed by atoms with E-state index in [1.165, 1.54) is 0 Å². The van der Waals surface area contributed by atoms with E-state index in [9.17, 15) is 4.79 Å². The molecule has 2 aromatic carbocycles. The van der Waals surface area contributed by atoms with E-state index < -0.39 is 0 Å². The van der Waals surface area contributed by atoms with Crippen LogP contribution in [0.5, 0.6) is 0 Å². The van der Waals surface area contributed by atoms with E-state index in [2.05, 4.69) is 37.9 Å². The van der Waals surface area contributed by atoms with Crippen LogP contribution >= 0.6 is 15.9 Å². The highest BCUT2D eigenvalue weighted by atomic mass is 79.9. The third-order valence-electron chi connectivity index (χ3n) is 4.65. The molecule has 1 aliphatic heterocycles. The van der Waals surface area contributed by atoms with E-state index in [-0.39, 0.29) is 11.9 Å². The minimum Gasteiger partial charge on any atom is -0.345 e. The number of hydrogen-bond acceptors (Lipinski definition) is 3. The van der Waals surface area contributed by atoms with Crippen molar-refractivity contribution in [3.05, 3.63) is 69.8 Å². The van der Waals surface area contributed by atoms with Crippen LogP contribution in [0.2, 0.25) is 0 Å². The minimum atomic E-state index is -0.235. The Hall–Kier alpha value is -2.60. The number of benzene rings is 2. The molecule has 1 atom stereocenters. The normalized spacial score (nSPS) is 16.4. The monoisotopic (exact) mass is 410 g/mol. The van der Waals surface area contributed by atoms with E-state index in [1.54, 1.807) is 19.0 Å². The molecular weight excluding hydrogens is 392 g/mol. The predicted molar refractivity (Wildman–Crippen MR) is 107 cm³/mol. The molecular formula is C20H19BrN4O. The molecule has 3 aromatic rings. The van der Waals surface area contributed by atoms with Crippen LogP contribution in [0.25, 0.3) is 11.0 Å². The average Bonchev–Trinajstić information content (AvgIpc) is 2.98. The number of nitrogens with zero attached hydrogens (tertiary/aromatic N) is 3. The Labute approximate surface area is 160 Å². The lowest BCUT2D eigenvalue weighted by molar-refractivity contribution is -0.125. The second-order valence-electron chi connectivity index (χ2n) is 6.61. The zero-order valence-corrected chi connectivity index (χ0v) is 16.4. The molecule has 0 unspecified atom stereocenters. The van der Waals surface area contributed by atoms with Gasteiger partial charge >= 0.3 is 0 Å². The topological polar surface area (TPSA) is 50.2 Å². The van der Waals surface area contributed by atoms with Crippen LogP contribution in [0, 0.1) is 0 Å². The number of aromatic nitrogens is 2. The van der Waals surface area contributed by atoms with Crippen molar-refractivity contribution in [1.29, 1.82) is 0 Å². The number of para-hydroxylation sites is 2. The first kappa shape index (κ1) is 16.8. The van der Waals surface area contributed by atoms with Gasteiger partial charge in [-0.05, 0) is 36.8 Å². The summed E-state index contributed by atoms with van der Waals surface area (Å²) >= 11 is 3.49. The van der Waals surface area contributed by atoms with Gasteiger partial charge in [0.05, 0.1) is 22.6 Å². The first-order chi connectivity index (χ1) is 12.5. The van der Waals surface area contributed by atoms with Crippen molar-refractivity contribution in [2.75, 3.05) is 19.4 Å². The average molecular weight is 411 g/mol. The largest absolute Gasteiger partial charge is 0.345 e. The molecule has 1 amide bonds. The molecule has 4 rings (SSSR count). The number of fused-ring (bicyclic) bond motifs is 3. The molecule has 26 heavy (non-hydrogen) atoms. The van der Waals surface area contributed by atoms with Gasteiger partial charge in [0.2, 0.25) is 5.95 Å². The minimum absolute atomic E-state index is 0.00801. The van der Waals surface area contributed by atoms with Gasteiger partial charge in [-0.1, -0.05) is 40.2 Å². The molecule has 0 saturated heterocycles. The number of carbonyl (C=O) groups is 1. The van der Waals surface area contributed by atoms with Gasteiger partial charge in [-0.2, -0.15) is 0 Å². The summed E-state index contributed by atoms with van der Waals surface area (Å²) in [7, 11) is 3.56. The lowest BCUT2D eigenvalue weighted by atomic mass is 9.94. The number of amides is 1. The fourth-order valence-electron chi connectivity index (χ4n) is 3.44. The van der Waals surface area contributed by atoms with Crippen LogP contribution in [0.1, 0.15) is 18.5 Å². The molecule has 0 aliphatic carbocycles. The summed E-state index contributed by atoms with van der Waals surface area (Å²) in [5.74, 6) is 0.748. The number of nitrogens with one attached hydrogen (secondary N) is 1. The summed E-state index contributed by atoms with van der Waals surface area (Å²) in [6.45, 7) is 1.94. The summed E-state index contributed by atoms with van der Waals surface area (Å²) in [6, 6.07) is 15.9. The molecule has 132 valence electrons. The Balaban J connectivity index is 2.00. The van der Waals surface area contributed by atoms with E-state index in [0.29, 0.717) is 0 Å². The van der Waals surface area contributed by atoms with Gasteiger partial charge in [-0.25, -0.2) is 4.98 Å². The fourth-order valence-corrected chi connectivity index (χ4v) is 3.71.